The van der Waals surface area contributed by atoms with Crippen molar-refractivity contribution in [1.29, 1.82) is 0 Å². The molecule has 2 N–H and O–H groups in total. The average Bonchev–Trinajstić information content (AvgIpc) is 2.02. The van der Waals surface area contributed by atoms with Crippen molar-refractivity contribution in [2.45, 2.75) is 46.0 Å². The van der Waals surface area contributed by atoms with Gasteiger partial charge in [0.15, 0.2) is 0 Å². The van der Waals surface area contributed by atoms with E-state index in [2.05, 4.69) is 13.8 Å². The first kappa shape index (κ1) is 12.4. The number of nitrogens with zero attached hydrogens (tertiary/aromatic N) is 1. The molecule has 0 aliphatic carbocycles. The Morgan fingerprint density at radius 2 is 1.92 bits per heavy atom. The van der Waals surface area contributed by atoms with Crippen LogP contribution in [0.25, 0.3) is 0 Å². The summed E-state index contributed by atoms with van der Waals surface area (Å²) in [6, 6.07) is 0. The van der Waals surface area contributed by atoms with Crippen LogP contribution in [0.3, 0.4) is 0 Å². The summed E-state index contributed by atoms with van der Waals surface area (Å²) >= 11 is 0. The Bertz CT molecular complexity index is 144. The van der Waals surface area contributed by atoms with Crippen molar-refractivity contribution in [2.75, 3.05) is 7.05 Å². The largest absolute Gasteiger partial charge is 0.284 e. The predicted molar refractivity (Wildman–Crippen MR) is 54.9 cm³/mol. The lowest BCUT2D eigenvalue weighted by atomic mass is 10.0. The summed E-state index contributed by atoms with van der Waals surface area (Å²) < 4.78 is 0. The highest BCUT2D eigenvalue weighted by molar-refractivity contribution is 5.75. The molecule has 78 valence electrons. The number of rotatable bonds is 6. The third kappa shape index (κ3) is 7.78. The number of unbranched alkanes of at least 4 members (excludes halogenated alkanes) is 2. The summed E-state index contributed by atoms with van der Waals surface area (Å²) in [6.45, 7) is 4.44. The van der Waals surface area contributed by atoms with Crippen LogP contribution in [-0.2, 0) is 4.79 Å². The zero-order valence-electron chi connectivity index (χ0n) is 9.05. The maximum absolute atomic E-state index is 11.0. The third-order valence-electron chi connectivity index (χ3n) is 2.07. The minimum atomic E-state index is 0.0320. The lowest BCUT2D eigenvalue weighted by molar-refractivity contribution is -0.130. The number of carbonyl (C=O) groups excluding carboxylic acids is 1. The highest BCUT2D eigenvalue weighted by Gasteiger charge is 2.03. The van der Waals surface area contributed by atoms with E-state index in [-0.39, 0.29) is 5.91 Å². The van der Waals surface area contributed by atoms with E-state index in [1.54, 1.807) is 7.05 Å². The fraction of sp³-hybridized carbons (Fsp3) is 0.900. The van der Waals surface area contributed by atoms with Gasteiger partial charge in [-0.25, -0.2) is 5.84 Å². The van der Waals surface area contributed by atoms with Crippen LogP contribution in [0, 0.1) is 5.92 Å². The molecule has 13 heavy (non-hydrogen) atoms. The fourth-order valence-corrected chi connectivity index (χ4v) is 1.18. The molecule has 0 aliphatic heterocycles. The first-order valence-electron chi connectivity index (χ1n) is 5.05. The Morgan fingerprint density at radius 3 is 2.38 bits per heavy atom. The van der Waals surface area contributed by atoms with E-state index in [0.29, 0.717) is 6.42 Å². The van der Waals surface area contributed by atoms with Gasteiger partial charge in [-0.15, -0.1) is 0 Å². The minimum absolute atomic E-state index is 0.0320. The second-order valence-corrected chi connectivity index (χ2v) is 4.00. The van der Waals surface area contributed by atoms with E-state index in [1.807, 2.05) is 0 Å². The molecule has 0 aliphatic rings. The van der Waals surface area contributed by atoms with Crippen molar-refractivity contribution < 1.29 is 4.79 Å². The van der Waals surface area contributed by atoms with Crippen molar-refractivity contribution in [2.24, 2.45) is 11.8 Å². The first-order valence-corrected chi connectivity index (χ1v) is 5.05. The maximum Gasteiger partial charge on any atom is 0.236 e. The highest BCUT2D eigenvalue weighted by atomic mass is 16.2. The normalized spacial score (nSPS) is 10.5. The standard InChI is InChI=1S/C10H22N2O/c1-9(2)7-5-4-6-8-10(13)12(3)11/h9H,4-8,11H2,1-3H3. The summed E-state index contributed by atoms with van der Waals surface area (Å²) in [5.41, 5.74) is 0. The second kappa shape index (κ2) is 6.89. The van der Waals surface area contributed by atoms with Gasteiger partial charge in [0, 0.05) is 13.5 Å². The second-order valence-electron chi connectivity index (χ2n) is 4.00. The van der Waals surface area contributed by atoms with Crippen LogP contribution in [0.2, 0.25) is 0 Å². The van der Waals surface area contributed by atoms with Crippen LogP contribution in [0.1, 0.15) is 46.0 Å². The monoisotopic (exact) mass is 186 g/mol. The molecule has 3 nitrogen and oxygen atoms in total. The fourth-order valence-electron chi connectivity index (χ4n) is 1.18. The van der Waals surface area contributed by atoms with Crippen LogP contribution in [0.15, 0.2) is 0 Å². The van der Waals surface area contributed by atoms with Crippen molar-refractivity contribution in [3.63, 3.8) is 0 Å². The predicted octanol–water partition coefficient (Wildman–Crippen LogP) is 1.93. The lowest BCUT2D eigenvalue weighted by Crippen LogP contribution is -2.32. The molecule has 0 aromatic heterocycles. The van der Waals surface area contributed by atoms with Gasteiger partial charge in [-0.1, -0.05) is 33.1 Å². The zero-order chi connectivity index (χ0) is 10.3. The minimum Gasteiger partial charge on any atom is -0.284 e. The third-order valence-corrected chi connectivity index (χ3v) is 2.07. The summed E-state index contributed by atoms with van der Waals surface area (Å²) in [4.78, 5) is 11.0. The van der Waals surface area contributed by atoms with Crippen molar-refractivity contribution in [1.82, 2.24) is 5.01 Å². The van der Waals surface area contributed by atoms with Crippen LogP contribution in [0.5, 0.6) is 0 Å². The van der Waals surface area contributed by atoms with E-state index in [9.17, 15) is 4.79 Å². The Labute approximate surface area is 81.3 Å². The number of amides is 1. The lowest BCUT2D eigenvalue weighted by Gasteiger charge is -2.09. The summed E-state index contributed by atoms with van der Waals surface area (Å²) in [5.74, 6) is 6.09. The number of hydrogen-bond acceptors (Lipinski definition) is 2. The molecular formula is C10H22N2O. The molecule has 0 saturated carbocycles. The molecular weight excluding hydrogens is 164 g/mol. The van der Waals surface area contributed by atoms with Crippen LogP contribution >= 0.6 is 0 Å². The van der Waals surface area contributed by atoms with E-state index < -0.39 is 0 Å². The van der Waals surface area contributed by atoms with Gasteiger partial charge in [-0.2, -0.15) is 0 Å². The van der Waals surface area contributed by atoms with E-state index in [0.717, 1.165) is 18.8 Å². The molecule has 0 bridgehead atoms. The quantitative estimate of drug-likeness (QED) is 0.298. The van der Waals surface area contributed by atoms with E-state index in [1.165, 1.54) is 17.9 Å². The maximum atomic E-state index is 11.0. The molecule has 0 aromatic rings. The van der Waals surface area contributed by atoms with Crippen LogP contribution < -0.4 is 5.84 Å². The first-order chi connectivity index (χ1) is 6.04. The van der Waals surface area contributed by atoms with Gasteiger partial charge in [0.2, 0.25) is 5.91 Å². The molecule has 0 heterocycles. The average molecular weight is 186 g/mol. The number of nitrogens with two attached hydrogens (primary N) is 1. The van der Waals surface area contributed by atoms with Crippen LogP contribution in [-0.4, -0.2) is 18.0 Å². The number of hydrogen-bond donors (Lipinski definition) is 1. The van der Waals surface area contributed by atoms with Crippen LogP contribution in [0.4, 0.5) is 0 Å². The Kier molecular flexibility index (Phi) is 6.59. The molecule has 0 atom stereocenters. The molecule has 0 fully saturated rings. The van der Waals surface area contributed by atoms with E-state index in [4.69, 9.17) is 5.84 Å². The number of carbonyl (C=O) groups is 1. The summed E-state index contributed by atoms with van der Waals surface area (Å²) in [5, 5.41) is 1.17. The van der Waals surface area contributed by atoms with Gasteiger partial charge in [0.25, 0.3) is 0 Å². The molecule has 0 saturated heterocycles. The molecule has 1 amide bonds. The Hall–Kier alpha value is -0.570. The van der Waals surface area contributed by atoms with Gasteiger partial charge in [-0.05, 0) is 12.3 Å². The van der Waals surface area contributed by atoms with Crippen molar-refractivity contribution in [3.8, 4) is 0 Å². The van der Waals surface area contributed by atoms with Crippen molar-refractivity contribution >= 4 is 5.91 Å². The van der Waals surface area contributed by atoms with Gasteiger partial charge < -0.3 is 0 Å². The zero-order valence-corrected chi connectivity index (χ0v) is 9.05. The Balaban J connectivity index is 3.21. The number of hydrazine groups is 1. The topological polar surface area (TPSA) is 46.3 Å². The molecule has 0 aromatic carbocycles. The van der Waals surface area contributed by atoms with Crippen molar-refractivity contribution in [3.05, 3.63) is 0 Å². The molecule has 3 heteroatoms. The summed E-state index contributed by atoms with van der Waals surface area (Å²) in [7, 11) is 1.59. The molecule has 0 radical (unpaired) electrons. The molecule has 0 spiro atoms. The van der Waals surface area contributed by atoms with E-state index >= 15 is 0 Å². The van der Waals surface area contributed by atoms with Gasteiger partial charge in [0.1, 0.15) is 0 Å². The SMILES string of the molecule is CC(C)CCCCCC(=O)N(C)N. The Morgan fingerprint density at radius 1 is 1.31 bits per heavy atom. The van der Waals surface area contributed by atoms with Gasteiger partial charge in [-0.3, -0.25) is 9.80 Å². The molecule has 0 rings (SSSR count). The molecule has 0 unspecified atom stereocenters. The smallest absolute Gasteiger partial charge is 0.236 e. The highest BCUT2D eigenvalue weighted by Crippen LogP contribution is 2.09. The van der Waals surface area contributed by atoms with Gasteiger partial charge in [0.05, 0.1) is 0 Å². The van der Waals surface area contributed by atoms with Gasteiger partial charge >= 0.3 is 0 Å². The summed E-state index contributed by atoms with van der Waals surface area (Å²) in [6.07, 6.45) is 5.17.